The molecule has 0 radical (unpaired) electrons. The molecule has 0 aromatic carbocycles. The van der Waals surface area contributed by atoms with Gasteiger partial charge < -0.3 is 5.11 Å². The lowest BCUT2D eigenvalue weighted by molar-refractivity contribution is 0.0695. The lowest BCUT2D eigenvalue weighted by atomic mass is 10.1. The Morgan fingerprint density at radius 1 is 1.33 bits per heavy atom. The molecule has 4 heteroatoms. The maximum atomic E-state index is 11.1. The molecular weight excluding hydrogens is 246 g/mol. The van der Waals surface area contributed by atoms with E-state index in [0.29, 0.717) is 17.7 Å². The van der Waals surface area contributed by atoms with E-state index in [9.17, 15) is 4.79 Å². The fourth-order valence-electron chi connectivity index (χ4n) is 1.83. The SMILES string of the molecule is CCCc1nc(-c2ccc(C)s2)ccc1C(=O)O. The third-order valence-corrected chi connectivity index (χ3v) is 3.71. The molecule has 0 aliphatic carbocycles. The summed E-state index contributed by atoms with van der Waals surface area (Å²) in [6, 6.07) is 7.52. The van der Waals surface area contributed by atoms with Crippen molar-refractivity contribution >= 4 is 17.3 Å². The zero-order chi connectivity index (χ0) is 13.1. The number of aromatic nitrogens is 1. The number of carboxylic acid groups (broad SMARTS) is 1. The Labute approximate surface area is 110 Å². The van der Waals surface area contributed by atoms with Crippen molar-refractivity contribution in [2.24, 2.45) is 0 Å². The fourth-order valence-corrected chi connectivity index (χ4v) is 2.67. The largest absolute Gasteiger partial charge is 0.478 e. The number of rotatable bonds is 4. The van der Waals surface area contributed by atoms with E-state index in [0.717, 1.165) is 17.0 Å². The van der Waals surface area contributed by atoms with Crippen molar-refractivity contribution in [3.8, 4) is 10.6 Å². The molecule has 0 unspecified atom stereocenters. The molecule has 0 bridgehead atoms. The number of hydrogen-bond donors (Lipinski definition) is 1. The Morgan fingerprint density at radius 2 is 2.11 bits per heavy atom. The minimum Gasteiger partial charge on any atom is -0.478 e. The van der Waals surface area contributed by atoms with Gasteiger partial charge in [0, 0.05) is 4.88 Å². The molecule has 3 nitrogen and oxygen atoms in total. The standard InChI is InChI=1S/C14H15NO2S/c1-3-4-11-10(14(16)17)6-7-12(15-11)13-8-5-9(2)18-13/h5-8H,3-4H2,1-2H3,(H,16,17). The van der Waals surface area contributed by atoms with Crippen molar-refractivity contribution in [2.45, 2.75) is 26.7 Å². The van der Waals surface area contributed by atoms with E-state index in [4.69, 9.17) is 5.11 Å². The van der Waals surface area contributed by atoms with Gasteiger partial charge in [-0.05, 0) is 37.6 Å². The average molecular weight is 261 g/mol. The summed E-state index contributed by atoms with van der Waals surface area (Å²) in [5.74, 6) is -0.903. The Hall–Kier alpha value is -1.68. The molecule has 0 atom stereocenters. The summed E-state index contributed by atoms with van der Waals surface area (Å²) < 4.78 is 0. The van der Waals surface area contributed by atoms with Crippen molar-refractivity contribution in [3.63, 3.8) is 0 Å². The lowest BCUT2D eigenvalue weighted by Gasteiger charge is -2.06. The summed E-state index contributed by atoms with van der Waals surface area (Å²) in [6.07, 6.45) is 1.58. The van der Waals surface area contributed by atoms with E-state index in [1.54, 1.807) is 23.5 Å². The number of hydrogen-bond acceptors (Lipinski definition) is 3. The van der Waals surface area contributed by atoms with Gasteiger partial charge >= 0.3 is 5.97 Å². The van der Waals surface area contributed by atoms with Crippen molar-refractivity contribution in [1.82, 2.24) is 4.98 Å². The van der Waals surface area contributed by atoms with E-state index in [2.05, 4.69) is 4.98 Å². The van der Waals surface area contributed by atoms with Crippen LogP contribution >= 0.6 is 11.3 Å². The number of pyridine rings is 1. The van der Waals surface area contributed by atoms with Crippen LogP contribution in [0.5, 0.6) is 0 Å². The zero-order valence-corrected chi connectivity index (χ0v) is 11.3. The van der Waals surface area contributed by atoms with Crippen LogP contribution in [0.15, 0.2) is 24.3 Å². The van der Waals surface area contributed by atoms with Gasteiger partial charge in [-0.2, -0.15) is 0 Å². The monoisotopic (exact) mass is 261 g/mol. The second kappa shape index (κ2) is 5.31. The van der Waals surface area contributed by atoms with Gasteiger partial charge in [-0.1, -0.05) is 13.3 Å². The molecule has 2 heterocycles. The van der Waals surface area contributed by atoms with Crippen LogP contribution in [0.2, 0.25) is 0 Å². The first-order valence-electron chi connectivity index (χ1n) is 5.92. The van der Waals surface area contributed by atoms with Crippen LogP contribution in [0.4, 0.5) is 0 Å². The number of aromatic carboxylic acids is 1. The van der Waals surface area contributed by atoms with E-state index in [-0.39, 0.29) is 0 Å². The summed E-state index contributed by atoms with van der Waals surface area (Å²) in [6.45, 7) is 4.07. The molecule has 94 valence electrons. The second-order valence-corrected chi connectivity index (χ2v) is 5.44. The Kier molecular flexibility index (Phi) is 3.77. The number of aryl methyl sites for hydroxylation is 2. The second-order valence-electron chi connectivity index (χ2n) is 4.16. The molecule has 2 aromatic heterocycles. The number of carbonyl (C=O) groups is 1. The summed E-state index contributed by atoms with van der Waals surface area (Å²) >= 11 is 1.67. The smallest absolute Gasteiger partial charge is 0.337 e. The summed E-state index contributed by atoms with van der Waals surface area (Å²) in [7, 11) is 0. The first kappa shape index (κ1) is 12.8. The fraction of sp³-hybridized carbons (Fsp3) is 0.286. The first-order valence-corrected chi connectivity index (χ1v) is 6.73. The Balaban J connectivity index is 2.45. The van der Waals surface area contributed by atoms with Crippen LogP contribution in [-0.2, 0) is 6.42 Å². The van der Waals surface area contributed by atoms with Gasteiger partial charge in [-0.25, -0.2) is 4.79 Å². The zero-order valence-electron chi connectivity index (χ0n) is 10.4. The van der Waals surface area contributed by atoms with E-state index >= 15 is 0 Å². The van der Waals surface area contributed by atoms with Crippen LogP contribution in [-0.4, -0.2) is 16.1 Å². The van der Waals surface area contributed by atoms with Gasteiger partial charge in [-0.3, -0.25) is 4.98 Å². The molecule has 0 fully saturated rings. The van der Waals surface area contributed by atoms with Crippen LogP contribution < -0.4 is 0 Å². The summed E-state index contributed by atoms with van der Waals surface area (Å²) in [5, 5.41) is 9.12. The van der Waals surface area contributed by atoms with Gasteiger partial charge in [0.15, 0.2) is 0 Å². The first-order chi connectivity index (χ1) is 8.61. The molecule has 0 spiro atoms. The molecule has 0 saturated heterocycles. The van der Waals surface area contributed by atoms with Gasteiger partial charge in [0.25, 0.3) is 0 Å². The summed E-state index contributed by atoms with van der Waals surface area (Å²) in [4.78, 5) is 17.9. The van der Waals surface area contributed by atoms with Crippen LogP contribution in [0.25, 0.3) is 10.6 Å². The van der Waals surface area contributed by atoms with Crippen molar-refractivity contribution in [3.05, 3.63) is 40.4 Å². The third-order valence-electron chi connectivity index (χ3n) is 2.68. The number of carboxylic acids is 1. The number of nitrogens with zero attached hydrogens (tertiary/aromatic N) is 1. The highest BCUT2D eigenvalue weighted by atomic mass is 32.1. The highest BCUT2D eigenvalue weighted by Crippen LogP contribution is 2.27. The molecule has 2 rings (SSSR count). The minimum absolute atomic E-state index is 0.314. The molecule has 0 saturated carbocycles. The predicted octanol–water partition coefficient (Wildman–Crippen LogP) is 3.77. The molecule has 0 aliphatic heterocycles. The predicted molar refractivity (Wildman–Crippen MR) is 73.2 cm³/mol. The lowest BCUT2D eigenvalue weighted by Crippen LogP contribution is -2.05. The van der Waals surface area contributed by atoms with Gasteiger partial charge in [-0.15, -0.1) is 11.3 Å². The maximum Gasteiger partial charge on any atom is 0.337 e. The highest BCUT2D eigenvalue weighted by molar-refractivity contribution is 7.15. The van der Waals surface area contributed by atoms with Crippen molar-refractivity contribution < 1.29 is 9.90 Å². The quantitative estimate of drug-likeness (QED) is 0.911. The van der Waals surface area contributed by atoms with E-state index < -0.39 is 5.97 Å². The van der Waals surface area contributed by atoms with E-state index in [1.165, 1.54) is 4.88 Å². The summed E-state index contributed by atoms with van der Waals surface area (Å²) in [5.41, 5.74) is 1.85. The van der Waals surface area contributed by atoms with Gasteiger partial charge in [0.2, 0.25) is 0 Å². The molecule has 18 heavy (non-hydrogen) atoms. The minimum atomic E-state index is -0.903. The van der Waals surface area contributed by atoms with Crippen molar-refractivity contribution in [2.75, 3.05) is 0 Å². The number of thiophene rings is 1. The van der Waals surface area contributed by atoms with Gasteiger partial charge in [0.1, 0.15) is 0 Å². The van der Waals surface area contributed by atoms with Crippen LogP contribution in [0, 0.1) is 6.92 Å². The van der Waals surface area contributed by atoms with E-state index in [1.807, 2.05) is 26.0 Å². The van der Waals surface area contributed by atoms with Gasteiger partial charge in [0.05, 0.1) is 21.8 Å². The Bertz CT molecular complexity index is 575. The normalized spacial score (nSPS) is 10.6. The molecule has 0 amide bonds. The van der Waals surface area contributed by atoms with Crippen LogP contribution in [0.3, 0.4) is 0 Å². The van der Waals surface area contributed by atoms with Crippen LogP contribution in [0.1, 0.15) is 34.3 Å². The third kappa shape index (κ3) is 2.59. The molecule has 1 N–H and O–H groups in total. The molecule has 2 aromatic rings. The highest BCUT2D eigenvalue weighted by Gasteiger charge is 2.13. The Morgan fingerprint density at radius 3 is 2.67 bits per heavy atom. The maximum absolute atomic E-state index is 11.1. The topological polar surface area (TPSA) is 50.2 Å². The molecule has 0 aliphatic rings. The molecular formula is C14H15NO2S. The average Bonchev–Trinajstić information content (AvgIpc) is 2.76. The van der Waals surface area contributed by atoms with Crippen molar-refractivity contribution in [1.29, 1.82) is 0 Å².